The van der Waals surface area contributed by atoms with Crippen molar-refractivity contribution in [1.82, 2.24) is 4.98 Å². The SMILES string of the molecule is Nc1ncccc1Cc1cc(Cl)cc2c1OCC2. The summed E-state index contributed by atoms with van der Waals surface area (Å²) in [5.74, 6) is 1.52. The molecule has 0 radical (unpaired) electrons. The van der Waals surface area contributed by atoms with Crippen molar-refractivity contribution in [3.63, 3.8) is 0 Å². The molecule has 0 spiro atoms. The van der Waals surface area contributed by atoms with Crippen molar-refractivity contribution in [3.8, 4) is 5.75 Å². The van der Waals surface area contributed by atoms with E-state index in [1.807, 2.05) is 24.3 Å². The van der Waals surface area contributed by atoms with E-state index in [-0.39, 0.29) is 0 Å². The van der Waals surface area contributed by atoms with Gasteiger partial charge in [0.1, 0.15) is 11.6 Å². The molecule has 0 unspecified atom stereocenters. The van der Waals surface area contributed by atoms with Gasteiger partial charge in [-0.3, -0.25) is 0 Å². The van der Waals surface area contributed by atoms with Gasteiger partial charge in [0.2, 0.25) is 0 Å². The number of nitrogens with two attached hydrogens (primary N) is 1. The molecule has 1 aliphatic rings. The van der Waals surface area contributed by atoms with Gasteiger partial charge in [-0.1, -0.05) is 17.7 Å². The first kappa shape index (κ1) is 11.4. The lowest BCUT2D eigenvalue weighted by Gasteiger charge is -2.10. The predicted octanol–water partition coefficient (Wildman–Crippen LogP) is 2.84. The molecule has 0 bridgehead atoms. The summed E-state index contributed by atoms with van der Waals surface area (Å²) in [4.78, 5) is 4.10. The molecule has 0 saturated heterocycles. The number of anilines is 1. The Kier molecular flexibility index (Phi) is 2.84. The molecule has 0 amide bonds. The average molecular weight is 261 g/mol. The lowest BCUT2D eigenvalue weighted by atomic mass is 10.0. The summed E-state index contributed by atoms with van der Waals surface area (Å²) >= 11 is 6.13. The number of pyridine rings is 1. The van der Waals surface area contributed by atoms with Crippen molar-refractivity contribution in [3.05, 3.63) is 52.2 Å². The number of hydrogen-bond donors (Lipinski definition) is 1. The Balaban J connectivity index is 2.01. The summed E-state index contributed by atoms with van der Waals surface area (Å²) in [6.07, 6.45) is 3.31. The lowest BCUT2D eigenvalue weighted by molar-refractivity contribution is 0.354. The van der Waals surface area contributed by atoms with Crippen LogP contribution in [-0.4, -0.2) is 11.6 Å². The first-order chi connectivity index (χ1) is 8.74. The van der Waals surface area contributed by atoms with E-state index < -0.39 is 0 Å². The van der Waals surface area contributed by atoms with Crippen LogP contribution in [0.3, 0.4) is 0 Å². The molecule has 1 aromatic carbocycles. The van der Waals surface area contributed by atoms with Crippen molar-refractivity contribution < 1.29 is 4.74 Å². The average Bonchev–Trinajstić information content (AvgIpc) is 2.80. The van der Waals surface area contributed by atoms with E-state index in [0.29, 0.717) is 12.2 Å². The van der Waals surface area contributed by atoms with Crippen LogP contribution in [0.1, 0.15) is 16.7 Å². The maximum Gasteiger partial charge on any atom is 0.126 e. The number of hydrogen-bond acceptors (Lipinski definition) is 3. The van der Waals surface area contributed by atoms with Crippen molar-refractivity contribution in [2.75, 3.05) is 12.3 Å². The van der Waals surface area contributed by atoms with Crippen LogP contribution in [0.2, 0.25) is 5.02 Å². The molecule has 0 aliphatic carbocycles. The number of ether oxygens (including phenoxy) is 1. The number of halogens is 1. The number of fused-ring (bicyclic) bond motifs is 1. The third-order valence-electron chi connectivity index (χ3n) is 3.13. The van der Waals surface area contributed by atoms with E-state index in [1.165, 1.54) is 5.56 Å². The molecule has 92 valence electrons. The van der Waals surface area contributed by atoms with Gasteiger partial charge in [0.15, 0.2) is 0 Å². The maximum absolute atomic E-state index is 6.13. The van der Waals surface area contributed by atoms with Crippen LogP contribution >= 0.6 is 11.6 Å². The third-order valence-corrected chi connectivity index (χ3v) is 3.35. The minimum absolute atomic E-state index is 0.559. The monoisotopic (exact) mass is 260 g/mol. The molecular formula is C14H13ClN2O. The normalized spacial score (nSPS) is 13.2. The van der Waals surface area contributed by atoms with Crippen LogP contribution in [0.4, 0.5) is 5.82 Å². The van der Waals surface area contributed by atoms with Crippen molar-refractivity contribution in [1.29, 1.82) is 0 Å². The fourth-order valence-electron chi connectivity index (χ4n) is 2.28. The number of aromatic nitrogens is 1. The molecule has 2 aromatic rings. The Bertz CT molecular complexity index is 598. The van der Waals surface area contributed by atoms with Gasteiger partial charge in [0, 0.05) is 29.6 Å². The molecule has 1 aromatic heterocycles. The standard InChI is InChI=1S/C14H13ClN2O/c15-12-7-9-3-5-18-13(9)11(8-12)6-10-2-1-4-17-14(10)16/h1-2,4,7-8H,3,5-6H2,(H2,16,17). The van der Waals surface area contributed by atoms with Crippen LogP contribution in [-0.2, 0) is 12.8 Å². The second kappa shape index (κ2) is 4.50. The van der Waals surface area contributed by atoms with Crippen LogP contribution in [0.25, 0.3) is 0 Å². The van der Waals surface area contributed by atoms with E-state index in [9.17, 15) is 0 Å². The number of benzene rings is 1. The minimum atomic E-state index is 0.559. The smallest absolute Gasteiger partial charge is 0.126 e. The number of rotatable bonds is 2. The van der Waals surface area contributed by atoms with E-state index in [2.05, 4.69) is 4.98 Å². The highest BCUT2D eigenvalue weighted by Gasteiger charge is 2.18. The second-order valence-electron chi connectivity index (χ2n) is 4.38. The molecule has 1 aliphatic heterocycles. The van der Waals surface area contributed by atoms with Gasteiger partial charge < -0.3 is 10.5 Å². The molecule has 0 fully saturated rings. The molecule has 3 rings (SSSR count). The summed E-state index contributed by atoms with van der Waals surface area (Å²) in [6, 6.07) is 7.78. The largest absolute Gasteiger partial charge is 0.493 e. The van der Waals surface area contributed by atoms with Gasteiger partial charge in [0.25, 0.3) is 0 Å². The van der Waals surface area contributed by atoms with Crippen LogP contribution in [0, 0.1) is 0 Å². The lowest BCUT2D eigenvalue weighted by Crippen LogP contribution is -1.99. The Morgan fingerprint density at radius 1 is 1.33 bits per heavy atom. The molecule has 2 heterocycles. The Hall–Kier alpha value is -1.74. The zero-order chi connectivity index (χ0) is 12.5. The van der Waals surface area contributed by atoms with E-state index in [1.54, 1.807) is 6.20 Å². The van der Waals surface area contributed by atoms with Crippen molar-refractivity contribution in [2.24, 2.45) is 0 Å². The highest BCUT2D eigenvalue weighted by Crippen LogP contribution is 2.34. The van der Waals surface area contributed by atoms with Gasteiger partial charge >= 0.3 is 0 Å². The van der Waals surface area contributed by atoms with Gasteiger partial charge in [-0.2, -0.15) is 0 Å². The van der Waals surface area contributed by atoms with Crippen molar-refractivity contribution in [2.45, 2.75) is 12.8 Å². The quantitative estimate of drug-likeness (QED) is 0.903. The summed E-state index contributed by atoms with van der Waals surface area (Å²) in [5, 5.41) is 0.747. The number of nitrogens with zero attached hydrogens (tertiary/aromatic N) is 1. The van der Waals surface area contributed by atoms with E-state index >= 15 is 0 Å². The second-order valence-corrected chi connectivity index (χ2v) is 4.81. The Morgan fingerprint density at radius 3 is 3.06 bits per heavy atom. The molecule has 3 nitrogen and oxygen atoms in total. The van der Waals surface area contributed by atoms with Gasteiger partial charge in [0.05, 0.1) is 6.61 Å². The predicted molar refractivity (Wildman–Crippen MR) is 72.1 cm³/mol. The number of nitrogen functional groups attached to an aromatic ring is 1. The summed E-state index contributed by atoms with van der Waals surface area (Å²) in [6.45, 7) is 0.727. The first-order valence-corrected chi connectivity index (χ1v) is 6.25. The Morgan fingerprint density at radius 2 is 2.22 bits per heavy atom. The van der Waals surface area contributed by atoms with Gasteiger partial charge in [-0.25, -0.2) is 4.98 Å². The van der Waals surface area contributed by atoms with Gasteiger partial charge in [-0.05, 0) is 29.3 Å². The van der Waals surface area contributed by atoms with Crippen molar-refractivity contribution >= 4 is 17.4 Å². The molecule has 0 saturated carbocycles. The fraction of sp³-hybridized carbons (Fsp3) is 0.214. The molecule has 2 N–H and O–H groups in total. The summed E-state index contributed by atoms with van der Waals surface area (Å²) in [5.41, 5.74) is 9.12. The zero-order valence-electron chi connectivity index (χ0n) is 9.82. The topological polar surface area (TPSA) is 48.1 Å². The fourth-order valence-corrected chi connectivity index (χ4v) is 2.55. The minimum Gasteiger partial charge on any atom is -0.493 e. The highest BCUT2D eigenvalue weighted by atomic mass is 35.5. The van der Waals surface area contributed by atoms with Crippen LogP contribution in [0.15, 0.2) is 30.5 Å². The summed E-state index contributed by atoms with van der Waals surface area (Å²) < 4.78 is 5.68. The van der Waals surface area contributed by atoms with Crippen LogP contribution < -0.4 is 10.5 Å². The summed E-state index contributed by atoms with van der Waals surface area (Å²) in [7, 11) is 0. The van der Waals surface area contributed by atoms with Crippen LogP contribution in [0.5, 0.6) is 5.75 Å². The third kappa shape index (κ3) is 2.02. The zero-order valence-corrected chi connectivity index (χ0v) is 10.6. The maximum atomic E-state index is 6.13. The van der Waals surface area contributed by atoms with E-state index in [0.717, 1.165) is 34.9 Å². The van der Waals surface area contributed by atoms with Gasteiger partial charge in [-0.15, -0.1) is 0 Å². The first-order valence-electron chi connectivity index (χ1n) is 5.87. The molecule has 4 heteroatoms. The van der Waals surface area contributed by atoms with E-state index in [4.69, 9.17) is 22.1 Å². The molecular weight excluding hydrogens is 248 g/mol. The highest BCUT2D eigenvalue weighted by molar-refractivity contribution is 6.30. The molecule has 18 heavy (non-hydrogen) atoms. The molecule has 0 atom stereocenters. The Labute approximate surface area is 111 Å².